The zero-order valence-electron chi connectivity index (χ0n) is 17.5. The fraction of sp³-hybridized carbons (Fsp3) is 0.480. The number of piperidine rings is 1. The van der Waals surface area contributed by atoms with Crippen LogP contribution in [0.1, 0.15) is 36.3 Å². The molecule has 30 heavy (non-hydrogen) atoms. The molecule has 2 saturated heterocycles. The van der Waals surface area contributed by atoms with E-state index in [0.29, 0.717) is 30.3 Å². The summed E-state index contributed by atoms with van der Waals surface area (Å²) in [5.74, 6) is 2.00. The van der Waals surface area contributed by atoms with Crippen molar-refractivity contribution in [2.24, 2.45) is 11.8 Å². The summed E-state index contributed by atoms with van der Waals surface area (Å²) in [4.78, 5) is 17.5. The molecular formula is C25H29FN2O2. The van der Waals surface area contributed by atoms with Crippen LogP contribution in [0.5, 0.6) is 5.75 Å². The Labute approximate surface area is 177 Å². The highest BCUT2D eigenvalue weighted by Crippen LogP contribution is 2.44. The van der Waals surface area contributed by atoms with Gasteiger partial charge in [-0.1, -0.05) is 30.3 Å². The third kappa shape index (κ3) is 3.71. The van der Waals surface area contributed by atoms with E-state index >= 15 is 0 Å². The van der Waals surface area contributed by atoms with Crippen molar-refractivity contribution >= 4 is 5.91 Å². The van der Waals surface area contributed by atoms with Gasteiger partial charge in [0.15, 0.2) is 0 Å². The first kappa shape index (κ1) is 19.6. The first-order chi connectivity index (χ1) is 14.6. The van der Waals surface area contributed by atoms with Crippen LogP contribution in [-0.2, 0) is 11.3 Å². The monoisotopic (exact) mass is 408 g/mol. The highest BCUT2D eigenvalue weighted by atomic mass is 19.1. The summed E-state index contributed by atoms with van der Waals surface area (Å²) in [5, 5.41) is 0. The molecule has 0 aromatic heterocycles. The molecule has 1 amide bonds. The van der Waals surface area contributed by atoms with E-state index in [1.165, 1.54) is 11.6 Å². The Hall–Kier alpha value is -2.40. The number of methoxy groups -OCH3 is 1. The van der Waals surface area contributed by atoms with Crippen molar-refractivity contribution in [1.29, 1.82) is 0 Å². The molecule has 3 fully saturated rings. The van der Waals surface area contributed by atoms with Gasteiger partial charge in [0.25, 0.3) is 0 Å². The molecule has 0 radical (unpaired) electrons. The van der Waals surface area contributed by atoms with E-state index in [0.717, 1.165) is 50.2 Å². The molecule has 4 nitrogen and oxygen atoms in total. The second kappa shape index (κ2) is 8.03. The number of nitrogens with zero attached hydrogens (tertiary/aromatic N) is 2. The van der Waals surface area contributed by atoms with Gasteiger partial charge in [-0.3, -0.25) is 9.69 Å². The molecule has 0 spiro atoms. The van der Waals surface area contributed by atoms with Gasteiger partial charge < -0.3 is 9.64 Å². The topological polar surface area (TPSA) is 32.8 Å². The number of halogens is 1. The maximum Gasteiger partial charge on any atom is 0.225 e. The number of hydrogen-bond donors (Lipinski definition) is 0. The van der Waals surface area contributed by atoms with Crippen molar-refractivity contribution in [2.75, 3.05) is 26.7 Å². The van der Waals surface area contributed by atoms with Gasteiger partial charge >= 0.3 is 0 Å². The molecule has 158 valence electrons. The average Bonchev–Trinajstić information content (AvgIpc) is 3.56. The highest BCUT2D eigenvalue weighted by molar-refractivity contribution is 5.82. The fourth-order valence-electron chi connectivity index (χ4n) is 5.34. The van der Waals surface area contributed by atoms with Gasteiger partial charge in [0.2, 0.25) is 5.91 Å². The first-order valence-corrected chi connectivity index (χ1v) is 11.0. The maximum absolute atomic E-state index is 14.2. The molecule has 5 heteroatoms. The normalized spacial score (nSPS) is 26.5. The number of rotatable bonds is 5. The molecule has 3 aliphatic rings. The lowest BCUT2D eigenvalue weighted by Gasteiger charge is -2.39. The standard InChI is InChI=1S/C25H29FN2O2/c1-30-20-10-8-17(9-11-20)21-16-28(25(29)18-6-7-18)24-12-13-27(15-22(21)24)14-19-4-2-3-5-23(19)26/h2-5,8-11,18,21-22,24H,6-7,12-16H2,1H3/t21-,22-,24-/m0/s1. The third-order valence-electron chi connectivity index (χ3n) is 7.12. The van der Waals surface area contributed by atoms with Crippen LogP contribution in [0.15, 0.2) is 48.5 Å². The van der Waals surface area contributed by atoms with E-state index in [9.17, 15) is 9.18 Å². The largest absolute Gasteiger partial charge is 0.497 e. The Balaban J connectivity index is 1.38. The molecule has 0 unspecified atom stereocenters. The number of fused-ring (bicyclic) bond motifs is 1. The van der Waals surface area contributed by atoms with Gasteiger partial charge in [0.1, 0.15) is 11.6 Å². The molecule has 3 atom stereocenters. The Bertz CT molecular complexity index is 912. The zero-order chi connectivity index (χ0) is 20.7. The molecule has 1 saturated carbocycles. The first-order valence-electron chi connectivity index (χ1n) is 11.0. The number of ether oxygens (including phenoxy) is 1. The summed E-state index contributed by atoms with van der Waals surface area (Å²) in [6.07, 6.45) is 3.04. The molecule has 5 rings (SSSR count). The Morgan fingerprint density at radius 2 is 1.83 bits per heavy atom. The lowest BCUT2D eigenvalue weighted by molar-refractivity contribution is -0.134. The molecule has 0 bridgehead atoms. The fourth-order valence-corrected chi connectivity index (χ4v) is 5.34. The molecule has 2 aromatic carbocycles. The number of benzene rings is 2. The van der Waals surface area contributed by atoms with Crippen molar-refractivity contribution in [3.05, 3.63) is 65.5 Å². The molecule has 2 heterocycles. The Morgan fingerprint density at radius 3 is 2.53 bits per heavy atom. The van der Waals surface area contributed by atoms with E-state index < -0.39 is 0 Å². The Morgan fingerprint density at radius 1 is 1.07 bits per heavy atom. The average molecular weight is 409 g/mol. The van der Waals surface area contributed by atoms with Crippen LogP contribution < -0.4 is 4.74 Å². The van der Waals surface area contributed by atoms with Gasteiger partial charge in [-0.05, 0) is 43.0 Å². The van der Waals surface area contributed by atoms with Crippen LogP contribution >= 0.6 is 0 Å². The predicted molar refractivity (Wildman–Crippen MR) is 114 cm³/mol. The molecule has 2 aliphatic heterocycles. The molecule has 2 aromatic rings. The van der Waals surface area contributed by atoms with Crippen molar-refractivity contribution < 1.29 is 13.9 Å². The van der Waals surface area contributed by atoms with Gasteiger partial charge in [-0.15, -0.1) is 0 Å². The maximum atomic E-state index is 14.2. The second-order valence-corrected chi connectivity index (χ2v) is 8.99. The smallest absolute Gasteiger partial charge is 0.225 e. The summed E-state index contributed by atoms with van der Waals surface area (Å²) >= 11 is 0. The van der Waals surface area contributed by atoms with Crippen LogP contribution in [0.25, 0.3) is 0 Å². The number of hydrogen-bond acceptors (Lipinski definition) is 3. The summed E-state index contributed by atoms with van der Waals surface area (Å²) in [7, 11) is 1.68. The van der Waals surface area contributed by atoms with E-state index in [-0.39, 0.29) is 11.7 Å². The van der Waals surface area contributed by atoms with Gasteiger partial charge in [-0.25, -0.2) is 4.39 Å². The van der Waals surface area contributed by atoms with Gasteiger partial charge in [-0.2, -0.15) is 0 Å². The van der Waals surface area contributed by atoms with E-state index in [4.69, 9.17) is 4.74 Å². The summed E-state index contributed by atoms with van der Waals surface area (Å²) in [6.45, 7) is 3.22. The summed E-state index contributed by atoms with van der Waals surface area (Å²) in [6, 6.07) is 15.6. The summed E-state index contributed by atoms with van der Waals surface area (Å²) in [5.41, 5.74) is 2.02. The van der Waals surface area contributed by atoms with Crippen LogP contribution in [-0.4, -0.2) is 48.5 Å². The molecule has 1 aliphatic carbocycles. The predicted octanol–water partition coefficient (Wildman–Crippen LogP) is 4.06. The Kier molecular flexibility index (Phi) is 5.23. The summed E-state index contributed by atoms with van der Waals surface area (Å²) < 4.78 is 19.5. The second-order valence-electron chi connectivity index (χ2n) is 8.99. The zero-order valence-corrected chi connectivity index (χ0v) is 17.5. The molecule has 0 N–H and O–H groups in total. The van der Waals surface area contributed by atoms with Crippen molar-refractivity contribution in [2.45, 2.75) is 37.8 Å². The SMILES string of the molecule is COc1ccc([C@@H]2CN(C(=O)C3CC3)[C@H]3CCN(Cc4ccccc4F)C[C@@H]23)cc1. The van der Waals surface area contributed by atoms with E-state index in [1.807, 2.05) is 24.3 Å². The van der Waals surface area contributed by atoms with Crippen molar-refractivity contribution in [1.82, 2.24) is 9.80 Å². The van der Waals surface area contributed by atoms with E-state index in [1.54, 1.807) is 13.2 Å². The minimum absolute atomic E-state index is 0.136. The van der Waals surface area contributed by atoms with Crippen molar-refractivity contribution in [3.63, 3.8) is 0 Å². The third-order valence-corrected chi connectivity index (χ3v) is 7.12. The van der Waals surface area contributed by atoms with Gasteiger partial charge in [0.05, 0.1) is 7.11 Å². The number of carbonyl (C=O) groups is 1. The van der Waals surface area contributed by atoms with Gasteiger partial charge in [0, 0.05) is 55.5 Å². The number of amides is 1. The quantitative estimate of drug-likeness (QED) is 0.748. The molecular weight excluding hydrogens is 379 g/mol. The van der Waals surface area contributed by atoms with Crippen LogP contribution in [0.4, 0.5) is 4.39 Å². The van der Waals surface area contributed by atoms with Crippen LogP contribution in [0.3, 0.4) is 0 Å². The lowest BCUT2D eigenvalue weighted by Crippen LogP contribution is -2.48. The minimum Gasteiger partial charge on any atom is -0.497 e. The lowest BCUT2D eigenvalue weighted by atomic mass is 9.81. The number of likely N-dealkylation sites (tertiary alicyclic amines) is 2. The van der Waals surface area contributed by atoms with Crippen molar-refractivity contribution in [3.8, 4) is 5.75 Å². The minimum atomic E-state index is -0.136. The highest BCUT2D eigenvalue weighted by Gasteiger charge is 2.49. The number of carbonyl (C=O) groups excluding carboxylic acids is 1. The van der Waals surface area contributed by atoms with Crippen LogP contribution in [0, 0.1) is 17.7 Å². The van der Waals surface area contributed by atoms with E-state index in [2.05, 4.69) is 21.9 Å². The van der Waals surface area contributed by atoms with Crippen LogP contribution in [0.2, 0.25) is 0 Å².